The molecule has 0 bridgehead atoms. The molecule has 4 nitrogen and oxygen atoms in total. The van der Waals surface area contributed by atoms with E-state index in [4.69, 9.17) is 0 Å². The van der Waals surface area contributed by atoms with Gasteiger partial charge in [-0.2, -0.15) is 0 Å². The molecule has 0 amide bonds. The quantitative estimate of drug-likeness (QED) is 0.847. The van der Waals surface area contributed by atoms with E-state index < -0.39 is 10.0 Å². The number of benzene rings is 1. The van der Waals surface area contributed by atoms with Crippen molar-refractivity contribution in [3.63, 3.8) is 0 Å². The fourth-order valence-electron chi connectivity index (χ4n) is 3.82. The summed E-state index contributed by atoms with van der Waals surface area (Å²) >= 11 is 0. The maximum atomic E-state index is 13.5. The summed E-state index contributed by atoms with van der Waals surface area (Å²) in [6.07, 6.45) is 4.20. The lowest BCUT2D eigenvalue weighted by molar-refractivity contribution is 0.128. The maximum absolute atomic E-state index is 13.5. The van der Waals surface area contributed by atoms with Crippen molar-refractivity contribution in [1.82, 2.24) is 9.21 Å². The Labute approximate surface area is 138 Å². The summed E-state index contributed by atoms with van der Waals surface area (Å²) in [5, 5.41) is 0. The minimum absolute atomic E-state index is 0.181. The summed E-state index contributed by atoms with van der Waals surface area (Å²) < 4.78 is 38.6. The first-order valence-corrected chi connectivity index (χ1v) is 10.1. The Morgan fingerprint density at radius 1 is 1.30 bits per heavy atom. The van der Waals surface area contributed by atoms with Crippen molar-refractivity contribution < 1.29 is 12.8 Å². The molecule has 0 unspecified atom stereocenters. The van der Waals surface area contributed by atoms with E-state index in [0.717, 1.165) is 37.9 Å². The second-order valence-electron chi connectivity index (χ2n) is 7.02. The number of halogens is 1. The number of hydrogen-bond acceptors (Lipinski definition) is 3. The van der Waals surface area contributed by atoms with Crippen LogP contribution in [0.25, 0.3) is 0 Å². The van der Waals surface area contributed by atoms with Crippen molar-refractivity contribution in [3.05, 3.63) is 35.1 Å². The van der Waals surface area contributed by atoms with Gasteiger partial charge in [-0.1, -0.05) is 6.07 Å². The summed E-state index contributed by atoms with van der Waals surface area (Å²) in [4.78, 5) is 2.37. The molecule has 0 spiro atoms. The van der Waals surface area contributed by atoms with Gasteiger partial charge in [0.1, 0.15) is 5.82 Å². The van der Waals surface area contributed by atoms with Crippen molar-refractivity contribution in [1.29, 1.82) is 0 Å². The molecule has 2 atom stereocenters. The summed E-state index contributed by atoms with van der Waals surface area (Å²) in [7, 11) is -3.10. The number of hydrogen-bond donors (Lipinski definition) is 0. The largest absolute Gasteiger partial charge is 0.296 e. The van der Waals surface area contributed by atoms with Crippen LogP contribution in [0.2, 0.25) is 0 Å². The third kappa shape index (κ3) is 3.92. The van der Waals surface area contributed by atoms with Crippen LogP contribution in [0.1, 0.15) is 30.9 Å². The van der Waals surface area contributed by atoms with Gasteiger partial charge >= 0.3 is 0 Å². The molecule has 6 heteroatoms. The van der Waals surface area contributed by atoms with E-state index >= 15 is 0 Å². The topological polar surface area (TPSA) is 40.6 Å². The van der Waals surface area contributed by atoms with Crippen LogP contribution in [0.15, 0.2) is 18.2 Å². The van der Waals surface area contributed by atoms with E-state index in [1.165, 1.54) is 17.9 Å². The number of sulfonamides is 1. The molecule has 0 saturated carbocycles. The van der Waals surface area contributed by atoms with Gasteiger partial charge in [-0.15, -0.1) is 0 Å². The number of nitrogens with zero attached hydrogens (tertiary/aromatic N) is 2. The van der Waals surface area contributed by atoms with Crippen LogP contribution < -0.4 is 0 Å². The Morgan fingerprint density at radius 2 is 2.09 bits per heavy atom. The monoisotopic (exact) mass is 340 g/mol. The van der Waals surface area contributed by atoms with Crippen LogP contribution in [-0.4, -0.2) is 49.6 Å². The number of rotatable bonds is 3. The smallest absolute Gasteiger partial charge is 0.211 e. The molecule has 1 aromatic rings. The van der Waals surface area contributed by atoms with Crippen molar-refractivity contribution in [2.45, 2.75) is 38.8 Å². The van der Waals surface area contributed by atoms with E-state index in [1.807, 2.05) is 6.07 Å². The van der Waals surface area contributed by atoms with E-state index in [9.17, 15) is 12.8 Å². The van der Waals surface area contributed by atoms with Crippen LogP contribution in [-0.2, 0) is 23.0 Å². The van der Waals surface area contributed by atoms with Gasteiger partial charge in [0.25, 0.3) is 0 Å². The average Bonchev–Trinajstić information content (AvgIpc) is 2.48. The Bertz CT molecular complexity index is 677. The first-order chi connectivity index (χ1) is 10.8. The van der Waals surface area contributed by atoms with Crippen LogP contribution in [0.4, 0.5) is 4.39 Å². The summed E-state index contributed by atoms with van der Waals surface area (Å²) in [5.74, 6) is 0.176. The molecule has 0 N–H and O–H groups in total. The molecule has 0 aromatic heterocycles. The molecule has 1 aromatic carbocycles. The highest BCUT2D eigenvalue weighted by molar-refractivity contribution is 7.88. The molecule has 3 rings (SSSR count). The highest BCUT2D eigenvalue weighted by Crippen LogP contribution is 2.27. The standard InChI is InChI=1S/C17H25FN2O2S/c1-13-8-15-5-6-17(18)9-16(15)12-19(13)10-14-4-3-7-20(11-14)23(2,21)22/h5-6,9,13-14H,3-4,7-8,10-12H2,1-2H3/t13-,14-/m1/s1. The van der Waals surface area contributed by atoms with Gasteiger partial charge < -0.3 is 0 Å². The van der Waals surface area contributed by atoms with E-state index in [0.29, 0.717) is 25.0 Å². The van der Waals surface area contributed by atoms with E-state index in [-0.39, 0.29) is 5.82 Å². The zero-order valence-electron chi connectivity index (χ0n) is 13.8. The number of fused-ring (bicyclic) bond motifs is 1. The van der Waals surface area contributed by atoms with Crippen LogP contribution in [0, 0.1) is 11.7 Å². The highest BCUT2D eigenvalue weighted by Gasteiger charge is 2.30. The summed E-state index contributed by atoms with van der Waals surface area (Å²) in [6, 6.07) is 5.47. The Hall–Kier alpha value is -0.980. The first kappa shape index (κ1) is 16.9. The predicted molar refractivity (Wildman–Crippen MR) is 89.1 cm³/mol. The minimum atomic E-state index is -3.10. The fourth-order valence-corrected chi connectivity index (χ4v) is 4.76. The highest BCUT2D eigenvalue weighted by atomic mass is 32.2. The van der Waals surface area contributed by atoms with Crippen molar-refractivity contribution in [2.24, 2.45) is 5.92 Å². The molecule has 0 radical (unpaired) electrons. The van der Waals surface area contributed by atoms with Crippen LogP contribution >= 0.6 is 0 Å². The van der Waals surface area contributed by atoms with Gasteiger partial charge in [0, 0.05) is 32.2 Å². The Morgan fingerprint density at radius 3 is 2.83 bits per heavy atom. The normalized spacial score (nSPS) is 26.9. The molecule has 2 aliphatic heterocycles. The summed E-state index contributed by atoms with van der Waals surface area (Å²) in [5.41, 5.74) is 2.30. The molecule has 0 aliphatic carbocycles. The third-order valence-electron chi connectivity index (χ3n) is 5.12. The van der Waals surface area contributed by atoms with Crippen molar-refractivity contribution in [2.75, 3.05) is 25.9 Å². The van der Waals surface area contributed by atoms with Crippen LogP contribution in [0.3, 0.4) is 0 Å². The molecule has 23 heavy (non-hydrogen) atoms. The van der Waals surface area contributed by atoms with Gasteiger partial charge in [0.05, 0.1) is 6.26 Å². The SMILES string of the molecule is C[C@@H]1Cc2ccc(F)cc2CN1C[C@H]1CCCN(S(C)(=O)=O)C1. The van der Waals surface area contributed by atoms with Crippen molar-refractivity contribution in [3.8, 4) is 0 Å². The Balaban J connectivity index is 1.68. The van der Waals surface area contributed by atoms with Gasteiger partial charge in [-0.25, -0.2) is 17.1 Å². The van der Waals surface area contributed by atoms with Gasteiger partial charge in [-0.3, -0.25) is 4.90 Å². The molecular weight excluding hydrogens is 315 g/mol. The summed E-state index contributed by atoms with van der Waals surface area (Å²) in [6.45, 7) is 5.08. The van der Waals surface area contributed by atoms with Crippen molar-refractivity contribution >= 4 is 10.0 Å². The second-order valence-corrected chi connectivity index (χ2v) is 9.01. The fraction of sp³-hybridized carbons (Fsp3) is 0.647. The van der Waals surface area contributed by atoms with Gasteiger partial charge in [0.15, 0.2) is 0 Å². The minimum Gasteiger partial charge on any atom is -0.296 e. The lowest BCUT2D eigenvalue weighted by atomic mass is 9.92. The molecular formula is C17H25FN2O2S. The predicted octanol–water partition coefficient (Wildman–Crippen LogP) is 2.24. The molecule has 1 saturated heterocycles. The molecule has 128 valence electrons. The second kappa shape index (κ2) is 6.49. The molecule has 2 aliphatic rings. The lowest BCUT2D eigenvalue weighted by Crippen LogP contribution is -2.46. The zero-order chi connectivity index (χ0) is 16.6. The van der Waals surface area contributed by atoms with Gasteiger partial charge in [-0.05, 0) is 55.4 Å². The van der Waals surface area contributed by atoms with E-state index in [2.05, 4.69) is 11.8 Å². The average molecular weight is 340 g/mol. The van der Waals surface area contributed by atoms with E-state index in [1.54, 1.807) is 10.4 Å². The third-order valence-corrected chi connectivity index (χ3v) is 6.39. The number of piperidine rings is 1. The maximum Gasteiger partial charge on any atom is 0.211 e. The zero-order valence-corrected chi connectivity index (χ0v) is 14.7. The van der Waals surface area contributed by atoms with Gasteiger partial charge in [0.2, 0.25) is 10.0 Å². The Kier molecular flexibility index (Phi) is 4.76. The molecule has 2 heterocycles. The lowest BCUT2D eigenvalue weighted by Gasteiger charge is -2.39. The molecule has 1 fully saturated rings. The van der Waals surface area contributed by atoms with Crippen LogP contribution in [0.5, 0.6) is 0 Å². The first-order valence-electron chi connectivity index (χ1n) is 8.29.